The number of anilines is 1. The molecule has 2 N–H and O–H groups in total. The smallest absolute Gasteiger partial charge is 0.209 e. The van der Waals surface area contributed by atoms with Gasteiger partial charge in [-0.15, -0.1) is 0 Å². The zero-order chi connectivity index (χ0) is 14.1. The number of nitrogens with zero attached hydrogens (tertiary/aromatic N) is 4. The average Bonchev–Trinajstić information content (AvgIpc) is 2.95. The van der Waals surface area contributed by atoms with Gasteiger partial charge in [0, 0.05) is 25.1 Å². The third-order valence-electron chi connectivity index (χ3n) is 3.19. The first-order valence-corrected chi connectivity index (χ1v) is 6.41. The van der Waals surface area contributed by atoms with Crippen LogP contribution in [0.2, 0.25) is 0 Å². The Morgan fingerprint density at radius 3 is 2.95 bits per heavy atom. The first-order valence-electron chi connectivity index (χ1n) is 6.41. The van der Waals surface area contributed by atoms with Crippen LogP contribution in [0.4, 0.5) is 5.69 Å². The van der Waals surface area contributed by atoms with Crippen molar-refractivity contribution in [3.63, 3.8) is 0 Å². The Hall–Kier alpha value is -2.34. The third-order valence-corrected chi connectivity index (χ3v) is 3.19. The van der Waals surface area contributed by atoms with E-state index in [1.807, 2.05) is 43.1 Å². The Morgan fingerprint density at radius 1 is 1.35 bits per heavy atom. The van der Waals surface area contributed by atoms with Crippen LogP contribution in [-0.4, -0.2) is 26.5 Å². The minimum Gasteiger partial charge on any atom is -0.439 e. The van der Waals surface area contributed by atoms with E-state index in [2.05, 4.69) is 14.9 Å². The third kappa shape index (κ3) is 2.50. The van der Waals surface area contributed by atoms with Crippen molar-refractivity contribution < 1.29 is 4.42 Å². The summed E-state index contributed by atoms with van der Waals surface area (Å²) in [6.45, 7) is 1.37. The number of nitrogens with two attached hydrogens (primary N) is 1. The van der Waals surface area contributed by atoms with Gasteiger partial charge in [0.2, 0.25) is 5.89 Å². The molecule has 20 heavy (non-hydrogen) atoms. The number of benzene rings is 1. The normalized spacial score (nSPS) is 11.6. The van der Waals surface area contributed by atoms with Gasteiger partial charge in [-0.3, -0.25) is 4.90 Å². The number of rotatable bonds is 4. The number of oxazole rings is 1. The van der Waals surface area contributed by atoms with Crippen LogP contribution in [0.3, 0.4) is 0 Å². The molecule has 0 spiro atoms. The molecule has 0 saturated heterocycles. The van der Waals surface area contributed by atoms with Gasteiger partial charge < -0.3 is 14.7 Å². The lowest BCUT2D eigenvalue weighted by Gasteiger charge is -2.13. The Morgan fingerprint density at radius 2 is 2.20 bits per heavy atom. The molecule has 0 bridgehead atoms. The van der Waals surface area contributed by atoms with Crippen molar-refractivity contribution in [3.8, 4) is 0 Å². The highest BCUT2D eigenvalue weighted by Gasteiger charge is 2.10. The molecule has 0 aliphatic carbocycles. The lowest BCUT2D eigenvalue weighted by atomic mass is 10.3. The van der Waals surface area contributed by atoms with Gasteiger partial charge in [0.25, 0.3) is 0 Å². The first-order chi connectivity index (χ1) is 9.61. The number of aryl methyl sites for hydroxylation is 1. The standard InChI is InChI=1S/C14H17N5O/c1-18(8-13-16-5-6-19(13)2)9-14-17-11-7-10(15)3-4-12(11)20-14/h3-7H,8-9,15H2,1-2H3. The van der Waals surface area contributed by atoms with Crippen LogP contribution in [0.25, 0.3) is 11.1 Å². The van der Waals surface area contributed by atoms with E-state index in [-0.39, 0.29) is 0 Å². The first kappa shape index (κ1) is 12.7. The summed E-state index contributed by atoms with van der Waals surface area (Å²) < 4.78 is 7.71. The second-order valence-electron chi connectivity index (χ2n) is 4.96. The lowest BCUT2D eigenvalue weighted by molar-refractivity contribution is 0.276. The van der Waals surface area contributed by atoms with E-state index in [0.717, 1.165) is 23.5 Å². The van der Waals surface area contributed by atoms with Gasteiger partial charge in [0.15, 0.2) is 5.58 Å². The fourth-order valence-corrected chi connectivity index (χ4v) is 2.14. The monoisotopic (exact) mass is 271 g/mol. The number of nitrogen functional groups attached to an aromatic ring is 1. The number of fused-ring (bicyclic) bond motifs is 1. The van der Waals surface area contributed by atoms with Crippen molar-refractivity contribution in [1.82, 2.24) is 19.4 Å². The highest BCUT2D eigenvalue weighted by molar-refractivity contribution is 5.76. The van der Waals surface area contributed by atoms with Crippen molar-refractivity contribution in [2.24, 2.45) is 7.05 Å². The van der Waals surface area contributed by atoms with Crippen LogP contribution >= 0.6 is 0 Å². The van der Waals surface area contributed by atoms with Gasteiger partial charge in [-0.2, -0.15) is 0 Å². The maximum absolute atomic E-state index is 5.74. The summed E-state index contributed by atoms with van der Waals surface area (Å²) in [7, 11) is 4.00. The van der Waals surface area contributed by atoms with Gasteiger partial charge in [-0.1, -0.05) is 0 Å². The number of hydrogen-bond acceptors (Lipinski definition) is 5. The van der Waals surface area contributed by atoms with Gasteiger partial charge >= 0.3 is 0 Å². The number of hydrogen-bond donors (Lipinski definition) is 1. The fourth-order valence-electron chi connectivity index (χ4n) is 2.14. The van der Waals surface area contributed by atoms with E-state index >= 15 is 0 Å². The molecule has 0 atom stereocenters. The Bertz CT molecular complexity index is 730. The Kier molecular flexibility index (Phi) is 3.15. The lowest BCUT2D eigenvalue weighted by Crippen LogP contribution is -2.19. The second kappa shape index (κ2) is 4.97. The molecular formula is C14H17N5O. The van der Waals surface area contributed by atoms with Gasteiger partial charge in [0.1, 0.15) is 11.3 Å². The predicted molar refractivity (Wildman–Crippen MR) is 76.8 cm³/mol. The molecule has 3 aromatic rings. The molecule has 0 amide bonds. The molecular weight excluding hydrogens is 254 g/mol. The Balaban J connectivity index is 1.74. The minimum atomic E-state index is 0.626. The SMILES string of the molecule is CN(Cc1nc2cc(N)ccc2o1)Cc1nccn1C. The van der Waals surface area contributed by atoms with Crippen LogP contribution in [0, 0.1) is 0 Å². The predicted octanol–water partition coefficient (Wildman–Crippen LogP) is 1.78. The van der Waals surface area contributed by atoms with Gasteiger partial charge in [-0.25, -0.2) is 9.97 Å². The van der Waals surface area contributed by atoms with Crippen molar-refractivity contribution >= 4 is 16.8 Å². The molecule has 1 aromatic carbocycles. The molecule has 0 unspecified atom stereocenters. The maximum Gasteiger partial charge on any atom is 0.209 e. The van der Waals surface area contributed by atoms with E-state index in [9.17, 15) is 0 Å². The molecule has 2 heterocycles. The molecule has 6 heteroatoms. The number of imidazole rings is 1. The van der Waals surface area contributed by atoms with Crippen molar-refractivity contribution in [2.45, 2.75) is 13.1 Å². The molecule has 0 saturated carbocycles. The summed E-state index contributed by atoms with van der Waals surface area (Å²) in [6.07, 6.45) is 3.73. The van der Waals surface area contributed by atoms with E-state index < -0.39 is 0 Å². The summed E-state index contributed by atoms with van der Waals surface area (Å²) in [5.74, 6) is 1.69. The fraction of sp³-hybridized carbons (Fsp3) is 0.286. The molecule has 0 fully saturated rings. The van der Waals surface area contributed by atoms with Crippen LogP contribution in [0.1, 0.15) is 11.7 Å². The molecule has 2 aromatic heterocycles. The van der Waals surface area contributed by atoms with E-state index in [1.54, 1.807) is 6.20 Å². The van der Waals surface area contributed by atoms with Crippen molar-refractivity contribution in [1.29, 1.82) is 0 Å². The molecule has 104 valence electrons. The summed E-state index contributed by atoms with van der Waals surface area (Å²) in [5, 5.41) is 0. The largest absolute Gasteiger partial charge is 0.439 e. The van der Waals surface area contributed by atoms with Crippen molar-refractivity contribution in [2.75, 3.05) is 12.8 Å². The molecule has 6 nitrogen and oxygen atoms in total. The minimum absolute atomic E-state index is 0.626. The quantitative estimate of drug-likeness (QED) is 0.732. The maximum atomic E-state index is 5.74. The Labute approximate surface area is 116 Å². The van der Waals surface area contributed by atoms with Crippen LogP contribution < -0.4 is 5.73 Å². The van der Waals surface area contributed by atoms with Crippen LogP contribution in [-0.2, 0) is 20.1 Å². The summed E-state index contributed by atoms with van der Waals surface area (Å²) in [4.78, 5) is 10.9. The summed E-state index contributed by atoms with van der Waals surface area (Å²) >= 11 is 0. The van der Waals surface area contributed by atoms with Gasteiger partial charge in [0.05, 0.1) is 13.1 Å². The van der Waals surface area contributed by atoms with Gasteiger partial charge in [-0.05, 0) is 25.2 Å². The highest BCUT2D eigenvalue weighted by atomic mass is 16.3. The van der Waals surface area contributed by atoms with Crippen LogP contribution in [0.15, 0.2) is 35.0 Å². The van der Waals surface area contributed by atoms with Crippen LogP contribution in [0.5, 0.6) is 0 Å². The topological polar surface area (TPSA) is 73.1 Å². The second-order valence-corrected chi connectivity index (χ2v) is 4.96. The molecule has 3 rings (SSSR count). The molecule has 0 aliphatic rings. The van der Waals surface area contributed by atoms with E-state index in [1.165, 1.54) is 0 Å². The summed E-state index contributed by atoms with van der Waals surface area (Å²) in [6, 6.07) is 5.48. The van der Waals surface area contributed by atoms with E-state index in [0.29, 0.717) is 18.1 Å². The molecule has 0 aliphatic heterocycles. The molecule has 0 radical (unpaired) electrons. The average molecular weight is 271 g/mol. The zero-order valence-electron chi connectivity index (χ0n) is 11.6. The number of aromatic nitrogens is 3. The van der Waals surface area contributed by atoms with E-state index in [4.69, 9.17) is 10.2 Å². The highest BCUT2D eigenvalue weighted by Crippen LogP contribution is 2.19. The summed E-state index contributed by atoms with van der Waals surface area (Å²) in [5.41, 5.74) is 7.99. The zero-order valence-corrected chi connectivity index (χ0v) is 11.6. The van der Waals surface area contributed by atoms with Crippen molar-refractivity contribution in [3.05, 3.63) is 42.3 Å².